The summed E-state index contributed by atoms with van der Waals surface area (Å²) in [5.41, 5.74) is -0.172. The molecule has 0 amide bonds. The van der Waals surface area contributed by atoms with Crippen LogP contribution in [0.25, 0.3) is 0 Å². The Bertz CT molecular complexity index is 393. The second kappa shape index (κ2) is 5.83. The van der Waals surface area contributed by atoms with Crippen molar-refractivity contribution in [1.82, 2.24) is 0 Å². The fraction of sp³-hybridized carbons (Fsp3) is 0.455. The van der Waals surface area contributed by atoms with Crippen molar-refractivity contribution in [3.63, 3.8) is 0 Å². The molecular formula is C11H15F3O3Si. The minimum atomic E-state index is -4.35. The summed E-state index contributed by atoms with van der Waals surface area (Å²) in [6.45, 7) is 0. The standard InChI is InChI=1S/C11H15F3O3Si/c1-17-18(15,16)7-3-5-9-4-2-6-10(8-9)11(12,13)14/h2,4,6,8,15-16H,3,5,7H2,1H3. The molecule has 0 spiro atoms. The van der Waals surface area contributed by atoms with Gasteiger partial charge in [-0.25, -0.2) is 0 Å². The molecule has 1 rings (SSSR count). The van der Waals surface area contributed by atoms with E-state index in [2.05, 4.69) is 4.43 Å². The molecule has 0 heterocycles. The van der Waals surface area contributed by atoms with Gasteiger partial charge in [0, 0.05) is 13.2 Å². The third-order valence-corrected chi connectivity index (χ3v) is 4.21. The number of rotatable bonds is 5. The third-order valence-electron chi connectivity index (χ3n) is 2.55. The van der Waals surface area contributed by atoms with Crippen molar-refractivity contribution >= 4 is 8.80 Å². The van der Waals surface area contributed by atoms with Crippen molar-refractivity contribution in [2.24, 2.45) is 0 Å². The second-order valence-electron chi connectivity index (χ2n) is 4.00. The van der Waals surface area contributed by atoms with Crippen LogP contribution in [0.2, 0.25) is 6.04 Å². The Morgan fingerprint density at radius 1 is 1.28 bits per heavy atom. The van der Waals surface area contributed by atoms with E-state index >= 15 is 0 Å². The normalized spacial score (nSPS) is 12.8. The Hall–Kier alpha value is -0.893. The summed E-state index contributed by atoms with van der Waals surface area (Å²) in [7, 11) is -2.40. The largest absolute Gasteiger partial charge is 0.495 e. The SMILES string of the molecule is CO[Si](O)(O)CCCc1cccc(C(F)(F)F)c1. The van der Waals surface area contributed by atoms with Crippen molar-refractivity contribution in [2.45, 2.75) is 25.1 Å². The summed E-state index contributed by atoms with van der Waals surface area (Å²) in [5.74, 6) is 0. The van der Waals surface area contributed by atoms with Gasteiger partial charge in [-0.05, 0) is 24.5 Å². The van der Waals surface area contributed by atoms with Gasteiger partial charge in [-0.3, -0.25) is 0 Å². The minimum absolute atomic E-state index is 0.0692. The lowest BCUT2D eigenvalue weighted by Crippen LogP contribution is -2.37. The van der Waals surface area contributed by atoms with E-state index in [1.165, 1.54) is 13.2 Å². The van der Waals surface area contributed by atoms with Gasteiger partial charge in [0.05, 0.1) is 5.56 Å². The van der Waals surface area contributed by atoms with Gasteiger partial charge < -0.3 is 14.0 Å². The van der Waals surface area contributed by atoms with E-state index in [4.69, 9.17) is 0 Å². The van der Waals surface area contributed by atoms with Crippen LogP contribution in [0, 0.1) is 0 Å². The smallest absolute Gasteiger partial charge is 0.390 e. The van der Waals surface area contributed by atoms with E-state index < -0.39 is 20.5 Å². The predicted octanol–water partition coefficient (Wildman–Crippen LogP) is 2.21. The zero-order valence-electron chi connectivity index (χ0n) is 9.87. The molecule has 0 saturated carbocycles. The van der Waals surface area contributed by atoms with Crippen molar-refractivity contribution < 1.29 is 27.2 Å². The van der Waals surface area contributed by atoms with Crippen LogP contribution in [-0.2, 0) is 17.0 Å². The van der Waals surface area contributed by atoms with Crippen LogP contribution in [0.5, 0.6) is 0 Å². The molecule has 0 unspecified atom stereocenters. The molecule has 0 saturated heterocycles. The molecular weight excluding hydrogens is 265 g/mol. The van der Waals surface area contributed by atoms with Crippen LogP contribution in [-0.4, -0.2) is 25.5 Å². The van der Waals surface area contributed by atoms with E-state index in [1.807, 2.05) is 0 Å². The lowest BCUT2D eigenvalue weighted by molar-refractivity contribution is -0.137. The molecule has 7 heteroatoms. The van der Waals surface area contributed by atoms with Crippen LogP contribution in [0.4, 0.5) is 13.2 Å². The lowest BCUT2D eigenvalue weighted by atomic mass is 10.1. The molecule has 0 fully saturated rings. The van der Waals surface area contributed by atoms with E-state index in [0.717, 1.165) is 12.1 Å². The number of benzene rings is 1. The molecule has 0 aliphatic rings. The average Bonchev–Trinajstić information content (AvgIpc) is 2.28. The van der Waals surface area contributed by atoms with Gasteiger partial charge in [0.2, 0.25) is 0 Å². The second-order valence-corrected chi connectivity index (χ2v) is 6.39. The molecule has 3 nitrogen and oxygen atoms in total. The van der Waals surface area contributed by atoms with Crippen molar-refractivity contribution in [1.29, 1.82) is 0 Å². The summed E-state index contributed by atoms with van der Waals surface area (Å²) >= 11 is 0. The van der Waals surface area contributed by atoms with Crippen molar-refractivity contribution in [3.8, 4) is 0 Å². The first-order valence-corrected chi connectivity index (χ1v) is 7.41. The number of alkyl halides is 3. The van der Waals surface area contributed by atoms with Crippen LogP contribution in [0.15, 0.2) is 24.3 Å². The Balaban J connectivity index is 2.59. The monoisotopic (exact) mass is 280 g/mol. The molecule has 0 atom stereocenters. The summed E-state index contributed by atoms with van der Waals surface area (Å²) in [5, 5.41) is 0. The van der Waals surface area contributed by atoms with Gasteiger partial charge in [-0.1, -0.05) is 18.2 Å². The summed E-state index contributed by atoms with van der Waals surface area (Å²) in [4.78, 5) is 18.6. The van der Waals surface area contributed by atoms with Gasteiger partial charge >= 0.3 is 15.0 Å². The molecule has 0 radical (unpaired) electrons. The Morgan fingerprint density at radius 2 is 1.94 bits per heavy atom. The zero-order valence-corrected chi connectivity index (χ0v) is 10.9. The first-order valence-electron chi connectivity index (χ1n) is 5.41. The number of hydrogen-bond acceptors (Lipinski definition) is 3. The van der Waals surface area contributed by atoms with Crippen molar-refractivity contribution in [2.75, 3.05) is 7.11 Å². The maximum absolute atomic E-state index is 12.4. The number of aryl methyl sites for hydroxylation is 1. The quantitative estimate of drug-likeness (QED) is 0.813. The highest BCUT2D eigenvalue weighted by atomic mass is 28.4. The average molecular weight is 280 g/mol. The Morgan fingerprint density at radius 3 is 2.50 bits per heavy atom. The van der Waals surface area contributed by atoms with Crippen molar-refractivity contribution in [3.05, 3.63) is 35.4 Å². The van der Waals surface area contributed by atoms with Gasteiger partial charge in [0.15, 0.2) is 0 Å². The molecule has 0 bridgehead atoms. The predicted molar refractivity (Wildman–Crippen MR) is 61.8 cm³/mol. The van der Waals surface area contributed by atoms with Crippen LogP contribution >= 0.6 is 0 Å². The topological polar surface area (TPSA) is 49.7 Å². The number of halogens is 3. The van der Waals surface area contributed by atoms with Gasteiger partial charge in [0.1, 0.15) is 0 Å². The molecule has 18 heavy (non-hydrogen) atoms. The first-order chi connectivity index (χ1) is 8.24. The fourth-order valence-electron chi connectivity index (χ4n) is 1.53. The summed E-state index contributed by atoms with van der Waals surface area (Å²) in [6.07, 6.45) is -3.63. The highest BCUT2D eigenvalue weighted by Gasteiger charge is 2.31. The highest BCUT2D eigenvalue weighted by molar-refractivity contribution is 6.57. The molecule has 2 N–H and O–H groups in total. The van der Waals surface area contributed by atoms with Gasteiger partial charge in [-0.2, -0.15) is 13.2 Å². The van der Waals surface area contributed by atoms with Gasteiger partial charge in [-0.15, -0.1) is 0 Å². The molecule has 0 aliphatic carbocycles. The van der Waals surface area contributed by atoms with Gasteiger partial charge in [0.25, 0.3) is 0 Å². The summed E-state index contributed by atoms with van der Waals surface area (Å²) < 4.78 is 41.8. The maximum atomic E-state index is 12.4. The van der Waals surface area contributed by atoms with E-state index in [9.17, 15) is 22.8 Å². The number of hydrogen-bond donors (Lipinski definition) is 2. The maximum Gasteiger partial charge on any atom is 0.495 e. The van der Waals surface area contributed by atoms with E-state index in [1.54, 1.807) is 6.07 Å². The summed E-state index contributed by atoms with van der Waals surface area (Å²) in [6, 6.07) is 5.08. The van der Waals surface area contributed by atoms with E-state index in [0.29, 0.717) is 18.4 Å². The van der Waals surface area contributed by atoms with Crippen LogP contribution in [0.3, 0.4) is 0 Å². The van der Waals surface area contributed by atoms with Crippen LogP contribution < -0.4 is 0 Å². The minimum Gasteiger partial charge on any atom is -0.390 e. The highest BCUT2D eigenvalue weighted by Crippen LogP contribution is 2.29. The Labute approximate surface area is 104 Å². The van der Waals surface area contributed by atoms with E-state index in [-0.39, 0.29) is 6.04 Å². The lowest BCUT2D eigenvalue weighted by Gasteiger charge is -2.14. The molecule has 1 aromatic rings. The van der Waals surface area contributed by atoms with Crippen LogP contribution in [0.1, 0.15) is 17.5 Å². The molecule has 102 valence electrons. The zero-order chi connectivity index (χ0) is 13.8. The molecule has 0 aliphatic heterocycles. The third kappa shape index (κ3) is 4.77. The first kappa shape index (κ1) is 15.2. The fourth-order valence-corrected chi connectivity index (χ4v) is 2.37. The Kier molecular flexibility index (Phi) is 4.91. The molecule has 1 aromatic carbocycles. The molecule has 0 aromatic heterocycles.